The topological polar surface area (TPSA) is 33.3 Å². The van der Waals surface area contributed by atoms with Gasteiger partial charge in [0.2, 0.25) is 0 Å². The van der Waals surface area contributed by atoms with E-state index >= 15 is 0 Å². The molecule has 0 bridgehead atoms. The van der Waals surface area contributed by atoms with Crippen molar-refractivity contribution in [2.75, 3.05) is 25.5 Å². The molecule has 1 saturated heterocycles. The second-order valence-electron chi connectivity index (χ2n) is 5.10. The molecule has 1 fully saturated rings. The third kappa shape index (κ3) is 2.82. The Hall–Kier alpha value is -1.74. The molecule has 3 nitrogen and oxygen atoms in total. The molecule has 1 heterocycles. The molecule has 0 amide bonds. The Labute approximate surface area is 114 Å². The summed E-state index contributed by atoms with van der Waals surface area (Å²) in [6.45, 7) is 2.23. The van der Waals surface area contributed by atoms with Gasteiger partial charge in [-0.3, -0.25) is 0 Å². The SMILES string of the molecule is COc1ccc2cc(NC3CCNCC3)ccc2c1. The van der Waals surface area contributed by atoms with E-state index in [1.165, 1.54) is 29.3 Å². The van der Waals surface area contributed by atoms with Crippen LogP contribution in [0.1, 0.15) is 12.8 Å². The summed E-state index contributed by atoms with van der Waals surface area (Å²) < 4.78 is 5.25. The van der Waals surface area contributed by atoms with E-state index in [0.717, 1.165) is 18.8 Å². The maximum Gasteiger partial charge on any atom is 0.119 e. The van der Waals surface area contributed by atoms with Crippen LogP contribution in [0.5, 0.6) is 5.75 Å². The Morgan fingerprint density at radius 3 is 2.58 bits per heavy atom. The molecule has 0 saturated carbocycles. The average molecular weight is 256 g/mol. The van der Waals surface area contributed by atoms with Crippen LogP contribution < -0.4 is 15.4 Å². The molecule has 0 aliphatic carbocycles. The van der Waals surface area contributed by atoms with E-state index in [1.807, 2.05) is 6.07 Å². The third-order valence-corrected chi connectivity index (χ3v) is 3.76. The van der Waals surface area contributed by atoms with Crippen molar-refractivity contribution in [1.29, 1.82) is 0 Å². The van der Waals surface area contributed by atoms with E-state index in [-0.39, 0.29) is 0 Å². The van der Waals surface area contributed by atoms with Crippen LogP contribution in [-0.2, 0) is 0 Å². The Morgan fingerprint density at radius 2 is 1.79 bits per heavy atom. The van der Waals surface area contributed by atoms with Crippen LogP contribution in [0.15, 0.2) is 36.4 Å². The van der Waals surface area contributed by atoms with E-state index in [0.29, 0.717) is 6.04 Å². The molecule has 0 unspecified atom stereocenters. The van der Waals surface area contributed by atoms with E-state index in [9.17, 15) is 0 Å². The number of benzene rings is 2. The predicted molar refractivity (Wildman–Crippen MR) is 80.0 cm³/mol. The van der Waals surface area contributed by atoms with Crippen LogP contribution in [0.3, 0.4) is 0 Å². The molecule has 0 spiro atoms. The van der Waals surface area contributed by atoms with E-state index < -0.39 is 0 Å². The van der Waals surface area contributed by atoms with E-state index in [4.69, 9.17) is 4.74 Å². The highest BCUT2D eigenvalue weighted by Crippen LogP contribution is 2.24. The van der Waals surface area contributed by atoms with Crippen LogP contribution in [0.4, 0.5) is 5.69 Å². The summed E-state index contributed by atoms with van der Waals surface area (Å²) >= 11 is 0. The van der Waals surface area contributed by atoms with Gasteiger partial charge < -0.3 is 15.4 Å². The minimum absolute atomic E-state index is 0.594. The maximum absolute atomic E-state index is 5.25. The molecule has 0 aromatic heterocycles. The first kappa shape index (κ1) is 12.3. The van der Waals surface area contributed by atoms with Gasteiger partial charge in [0.15, 0.2) is 0 Å². The molecule has 3 heteroatoms. The number of nitrogens with one attached hydrogen (secondary N) is 2. The van der Waals surface area contributed by atoms with Crippen LogP contribution in [0.25, 0.3) is 10.8 Å². The van der Waals surface area contributed by atoms with Crippen molar-refractivity contribution in [3.63, 3.8) is 0 Å². The number of hydrogen-bond acceptors (Lipinski definition) is 3. The zero-order valence-corrected chi connectivity index (χ0v) is 11.3. The fraction of sp³-hybridized carbons (Fsp3) is 0.375. The first-order valence-corrected chi connectivity index (χ1v) is 6.90. The number of piperidine rings is 1. The third-order valence-electron chi connectivity index (χ3n) is 3.76. The summed E-state index contributed by atoms with van der Waals surface area (Å²) in [4.78, 5) is 0. The lowest BCUT2D eigenvalue weighted by Gasteiger charge is -2.24. The average Bonchev–Trinajstić information content (AvgIpc) is 2.48. The van der Waals surface area contributed by atoms with Crippen molar-refractivity contribution in [3.05, 3.63) is 36.4 Å². The quantitative estimate of drug-likeness (QED) is 0.885. The van der Waals surface area contributed by atoms with Gasteiger partial charge in [0.05, 0.1) is 7.11 Å². The normalized spacial score (nSPS) is 16.5. The number of rotatable bonds is 3. The van der Waals surface area contributed by atoms with Crippen LogP contribution >= 0.6 is 0 Å². The largest absolute Gasteiger partial charge is 0.497 e. The highest BCUT2D eigenvalue weighted by molar-refractivity contribution is 5.87. The van der Waals surface area contributed by atoms with Crippen molar-refractivity contribution in [2.24, 2.45) is 0 Å². The molecule has 100 valence electrons. The zero-order valence-electron chi connectivity index (χ0n) is 11.3. The monoisotopic (exact) mass is 256 g/mol. The highest BCUT2D eigenvalue weighted by Gasteiger charge is 2.12. The summed E-state index contributed by atoms with van der Waals surface area (Å²) in [6, 6.07) is 13.3. The van der Waals surface area contributed by atoms with Gasteiger partial charge >= 0.3 is 0 Å². The molecule has 2 aromatic carbocycles. The predicted octanol–water partition coefficient (Wildman–Crippen LogP) is 3.01. The minimum Gasteiger partial charge on any atom is -0.497 e. The fourth-order valence-electron chi connectivity index (χ4n) is 2.64. The van der Waals surface area contributed by atoms with Crippen molar-refractivity contribution in [3.8, 4) is 5.75 Å². The lowest BCUT2D eigenvalue weighted by atomic mass is 10.1. The summed E-state index contributed by atoms with van der Waals surface area (Å²) in [7, 11) is 1.70. The molecule has 1 aliphatic heterocycles. The van der Waals surface area contributed by atoms with Crippen molar-refractivity contribution < 1.29 is 4.74 Å². The van der Waals surface area contributed by atoms with Gasteiger partial charge in [0, 0.05) is 11.7 Å². The molecule has 3 rings (SSSR count). The Balaban J connectivity index is 1.80. The molecular formula is C16H20N2O. The Kier molecular flexibility index (Phi) is 3.56. The van der Waals surface area contributed by atoms with Crippen LogP contribution in [0.2, 0.25) is 0 Å². The molecule has 2 N–H and O–H groups in total. The van der Waals surface area contributed by atoms with Crippen LogP contribution in [0, 0.1) is 0 Å². The number of anilines is 1. The smallest absolute Gasteiger partial charge is 0.119 e. The van der Waals surface area contributed by atoms with Gasteiger partial charge in [0.25, 0.3) is 0 Å². The standard InChI is InChI=1S/C16H20N2O/c1-19-16-5-3-12-10-15(4-2-13(12)11-16)18-14-6-8-17-9-7-14/h2-5,10-11,14,17-18H,6-9H2,1H3. The van der Waals surface area contributed by atoms with Crippen molar-refractivity contribution >= 4 is 16.5 Å². The Bertz CT molecular complexity index is 562. The summed E-state index contributed by atoms with van der Waals surface area (Å²) in [6.07, 6.45) is 2.39. The van der Waals surface area contributed by atoms with Gasteiger partial charge in [0.1, 0.15) is 5.75 Å². The summed E-state index contributed by atoms with van der Waals surface area (Å²) in [5, 5.41) is 9.49. The number of hydrogen-bond donors (Lipinski definition) is 2. The molecule has 0 radical (unpaired) electrons. The van der Waals surface area contributed by atoms with E-state index in [1.54, 1.807) is 7.11 Å². The number of fused-ring (bicyclic) bond motifs is 1. The van der Waals surface area contributed by atoms with Gasteiger partial charge in [-0.15, -0.1) is 0 Å². The summed E-state index contributed by atoms with van der Waals surface area (Å²) in [5.74, 6) is 0.909. The van der Waals surface area contributed by atoms with Crippen LogP contribution in [-0.4, -0.2) is 26.2 Å². The molecular weight excluding hydrogens is 236 g/mol. The first-order valence-electron chi connectivity index (χ1n) is 6.90. The molecule has 19 heavy (non-hydrogen) atoms. The van der Waals surface area contributed by atoms with Gasteiger partial charge in [-0.05, 0) is 61.0 Å². The Morgan fingerprint density at radius 1 is 1.05 bits per heavy atom. The summed E-state index contributed by atoms with van der Waals surface area (Å²) in [5.41, 5.74) is 1.21. The zero-order chi connectivity index (χ0) is 13.1. The molecule has 2 aromatic rings. The highest BCUT2D eigenvalue weighted by atomic mass is 16.5. The van der Waals surface area contributed by atoms with Crippen molar-refractivity contribution in [1.82, 2.24) is 5.32 Å². The second-order valence-corrected chi connectivity index (χ2v) is 5.10. The maximum atomic E-state index is 5.25. The number of methoxy groups -OCH3 is 1. The van der Waals surface area contributed by atoms with Gasteiger partial charge in [-0.2, -0.15) is 0 Å². The van der Waals surface area contributed by atoms with Gasteiger partial charge in [-0.25, -0.2) is 0 Å². The molecule has 1 aliphatic rings. The minimum atomic E-state index is 0.594. The number of ether oxygens (including phenoxy) is 1. The van der Waals surface area contributed by atoms with Gasteiger partial charge in [-0.1, -0.05) is 12.1 Å². The second kappa shape index (κ2) is 5.49. The first-order chi connectivity index (χ1) is 9.35. The lowest BCUT2D eigenvalue weighted by Crippen LogP contribution is -2.35. The van der Waals surface area contributed by atoms with Crippen molar-refractivity contribution in [2.45, 2.75) is 18.9 Å². The fourth-order valence-corrected chi connectivity index (χ4v) is 2.64. The lowest BCUT2D eigenvalue weighted by molar-refractivity contribution is 0.415. The molecule has 0 atom stereocenters. The van der Waals surface area contributed by atoms with E-state index in [2.05, 4.69) is 41.0 Å².